The van der Waals surface area contributed by atoms with Crippen molar-refractivity contribution in [2.45, 2.75) is 45.1 Å². The first-order chi connectivity index (χ1) is 9.04. The molecule has 1 aliphatic carbocycles. The monoisotopic (exact) mass is 324 g/mol. The Labute approximate surface area is 123 Å². The Hall–Kier alpha value is -0.900. The van der Waals surface area contributed by atoms with Crippen molar-refractivity contribution in [2.75, 3.05) is 5.33 Å². The van der Waals surface area contributed by atoms with Gasteiger partial charge in [0, 0.05) is 17.2 Å². The number of alkyl halides is 1. The fourth-order valence-electron chi connectivity index (χ4n) is 2.52. The number of aryl methyl sites for hydroxylation is 1. The van der Waals surface area contributed by atoms with Gasteiger partial charge in [0.1, 0.15) is 0 Å². The van der Waals surface area contributed by atoms with E-state index in [1.54, 1.807) is 6.20 Å². The van der Waals surface area contributed by atoms with Crippen LogP contribution in [-0.4, -0.2) is 21.8 Å². The standard InChI is InChI=1S/C15H21BrN2O/c1-11-5-7-15(10-16,8-6-11)18-14(19)13-4-3-12(2)17-9-13/h3-4,9,11H,5-8,10H2,1-2H3,(H,18,19). The zero-order valence-corrected chi connectivity index (χ0v) is 13.2. The van der Waals surface area contributed by atoms with Crippen LogP contribution in [0, 0.1) is 12.8 Å². The molecule has 1 fully saturated rings. The van der Waals surface area contributed by atoms with E-state index in [0.29, 0.717) is 5.56 Å². The first-order valence-corrected chi connectivity index (χ1v) is 7.98. The summed E-state index contributed by atoms with van der Waals surface area (Å²) in [5.41, 5.74) is 1.48. The Morgan fingerprint density at radius 2 is 2.16 bits per heavy atom. The normalized spacial score (nSPS) is 27.0. The van der Waals surface area contributed by atoms with Crippen molar-refractivity contribution < 1.29 is 4.79 Å². The van der Waals surface area contributed by atoms with Crippen molar-refractivity contribution in [1.82, 2.24) is 10.3 Å². The topological polar surface area (TPSA) is 42.0 Å². The van der Waals surface area contributed by atoms with Crippen LogP contribution in [0.3, 0.4) is 0 Å². The zero-order chi connectivity index (χ0) is 13.9. The summed E-state index contributed by atoms with van der Waals surface area (Å²) in [4.78, 5) is 16.5. The largest absolute Gasteiger partial charge is 0.346 e. The van der Waals surface area contributed by atoms with E-state index in [1.807, 2.05) is 19.1 Å². The van der Waals surface area contributed by atoms with E-state index in [9.17, 15) is 4.79 Å². The van der Waals surface area contributed by atoms with Crippen molar-refractivity contribution in [3.63, 3.8) is 0 Å². The highest BCUT2D eigenvalue weighted by Gasteiger charge is 2.34. The molecular formula is C15H21BrN2O. The van der Waals surface area contributed by atoms with Gasteiger partial charge in [-0.05, 0) is 50.7 Å². The number of carbonyl (C=O) groups is 1. The lowest BCUT2D eigenvalue weighted by Gasteiger charge is -2.39. The van der Waals surface area contributed by atoms with Gasteiger partial charge >= 0.3 is 0 Å². The third-order valence-electron chi connectivity index (χ3n) is 4.04. The van der Waals surface area contributed by atoms with Gasteiger partial charge in [-0.1, -0.05) is 22.9 Å². The summed E-state index contributed by atoms with van der Waals surface area (Å²) in [6.45, 7) is 4.20. The summed E-state index contributed by atoms with van der Waals surface area (Å²) in [7, 11) is 0. The van der Waals surface area contributed by atoms with Crippen molar-refractivity contribution >= 4 is 21.8 Å². The highest BCUT2D eigenvalue weighted by Crippen LogP contribution is 2.33. The molecule has 0 unspecified atom stereocenters. The van der Waals surface area contributed by atoms with Gasteiger partial charge in [-0.3, -0.25) is 9.78 Å². The van der Waals surface area contributed by atoms with Gasteiger partial charge in [-0.2, -0.15) is 0 Å². The second-order valence-corrected chi connectivity index (χ2v) is 6.30. The maximum atomic E-state index is 12.3. The molecule has 0 spiro atoms. The van der Waals surface area contributed by atoms with Crippen LogP contribution in [0.25, 0.3) is 0 Å². The Kier molecular flexibility index (Phi) is 4.61. The van der Waals surface area contributed by atoms with Crippen molar-refractivity contribution in [3.05, 3.63) is 29.6 Å². The molecule has 0 bridgehead atoms. The number of pyridine rings is 1. The number of nitrogens with one attached hydrogen (secondary N) is 1. The lowest BCUT2D eigenvalue weighted by molar-refractivity contribution is 0.0874. The zero-order valence-electron chi connectivity index (χ0n) is 11.6. The highest BCUT2D eigenvalue weighted by atomic mass is 79.9. The summed E-state index contributed by atoms with van der Waals surface area (Å²) in [6, 6.07) is 3.71. The van der Waals surface area contributed by atoms with Crippen LogP contribution < -0.4 is 5.32 Å². The minimum Gasteiger partial charge on any atom is -0.346 e. The maximum absolute atomic E-state index is 12.3. The third-order valence-corrected chi connectivity index (χ3v) is 5.11. The summed E-state index contributed by atoms with van der Waals surface area (Å²) in [5.74, 6) is 0.756. The fraction of sp³-hybridized carbons (Fsp3) is 0.600. The van der Waals surface area contributed by atoms with E-state index >= 15 is 0 Å². The van der Waals surface area contributed by atoms with Crippen LogP contribution in [-0.2, 0) is 0 Å². The van der Waals surface area contributed by atoms with E-state index in [2.05, 4.69) is 33.2 Å². The van der Waals surface area contributed by atoms with Crippen molar-refractivity contribution in [2.24, 2.45) is 5.92 Å². The van der Waals surface area contributed by atoms with E-state index in [1.165, 1.54) is 12.8 Å². The molecule has 19 heavy (non-hydrogen) atoms. The molecule has 2 rings (SSSR count). The van der Waals surface area contributed by atoms with Gasteiger partial charge in [0.15, 0.2) is 0 Å². The van der Waals surface area contributed by atoms with Crippen LogP contribution in [0.15, 0.2) is 18.3 Å². The molecule has 1 N–H and O–H groups in total. The van der Waals surface area contributed by atoms with Crippen LogP contribution in [0.5, 0.6) is 0 Å². The second kappa shape index (κ2) is 6.04. The van der Waals surface area contributed by atoms with E-state index in [0.717, 1.165) is 29.8 Å². The Morgan fingerprint density at radius 3 is 2.68 bits per heavy atom. The smallest absolute Gasteiger partial charge is 0.253 e. The van der Waals surface area contributed by atoms with E-state index < -0.39 is 0 Å². The van der Waals surface area contributed by atoms with E-state index in [4.69, 9.17) is 0 Å². The molecule has 0 radical (unpaired) electrons. The lowest BCUT2D eigenvalue weighted by Crippen LogP contribution is -2.52. The van der Waals surface area contributed by atoms with Crippen LogP contribution in [0.1, 0.15) is 48.7 Å². The molecule has 1 saturated carbocycles. The van der Waals surface area contributed by atoms with Crippen LogP contribution >= 0.6 is 15.9 Å². The first kappa shape index (κ1) is 14.5. The molecule has 4 heteroatoms. The number of rotatable bonds is 3. The maximum Gasteiger partial charge on any atom is 0.253 e. The molecule has 0 aromatic carbocycles. The van der Waals surface area contributed by atoms with Gasteiger partial charge in [0.25, 0.3) is 5.91 Å². The molecule has 1 aliphatic rings. The molecule has 1 heterocycles. The summed E-state index contributed by atoms with van der Waals surface area (Å²) in [5, 5.41) is 4.03. The highest BCUT2D eigenvalue weighted by molar-refractivity contribution is 9.09. The Bertz CT molecular complexity index is 436. The van der Waals surface area contributed by atoms with Gasteiger partial charge in [0.05, 0.1) is 11.1 Å². The summed E-state index contributed by atoms with van der Waals surface area (Å²) < 4.78 is 0. The molecular weight excluding hydrogens is 304 g/mol. The Balaban J connectivity index is 2.06. The Morgan fingerprint density at radius 1 is 1.47 bits per heavy atom. The number of carbonyl (C=O) groups excluding carboxylic acids is 1. The number of aromatic nitrogens is 1. The number of hydrogen-bond donors (Lipinski definition) is 1. The summed E-state index contributed by atoms with van der Waals surface area (Å²) >= 11 is 3.57. The van der Waals surface area contributed by atoms with Crippen molar-refractivity contribution in [1.29, 1.82) is 0 Å². The first-order valence-electron chi connectivity index (χ1n) is 6.86. The fourth-order valence-corrected chi connectivity index (χ4v) is 3.22. The SMILES string of the molecule is Cc1ccc(C(=O)NC2(CBr)CCC(C)CC2)cn1. The van der Waals surface area contributed by atoms with Crippen molar-refractivity contribution in [3.8, 4) is 0 Å². The average Bonchev–Trinajstić information content (AvgIpc) is 2.42. The second-order valence-electron chi connectivity index (χ2n) is 5.74. The quantitative estimate of drug-likeness (QED) is 0.865. The molecule has 0 aliphatic heterocycles. The number of nitrogens with zero attached hydrogens (tertiary/aromatic N) is 1. The summed E-state index contributed by atoms with van der Waals surface area (Å²) in [6.07, 6.45) is 6.10. The number of amides is 1. The minimum atomic E-state index is -0.0888. The molecule has 1 amide bonds. The molecule has 1 aromatic heterocycles. The predicted molar refractivity (Wildman–Crippen MR) is 80.6 cm³/mol. The van der Waals surface area contributed by atoms with Gasteiger partial charge in [0.2, 0.25) is 0 Å². The number of hydrogen-bond acceptors (Lipinski definition) is 2. The molecule has 0 atom stereocenters. The molecule has 1 aromatic rings. The van der Waals surface area contributed by atoms with Crippen LogP contribution in [0.4, 0.5) is 0 Å². The average molecular weight is 325 g/mol. The van der Waals surface area contributed by atoms with Gasteiger partial charge in [-0.25, -0.2) is 0 Å². The third kappa shape index (κ3) is 3.56. The van der Waals surface area contributed by atoms with Crippen LogP contribution in [0.2, 0.25) is 0 Å². The molecule has 104 valence electrons. The molecule has 3 nitrogen and oxygen atoms in total. The number of halogens is 1. The van der Waals surface area contributed by atoms with Gasteiger partial charge in [-0.15, -0.1) is 0 Å². The molecule has 0 saturated heterocycles. The van der Waals surface area contributed by atoms with Gasteiger partial charge < -0.3 is 5.32 Å². The minimum absolute atomic E-state index is 0.0125. The van der Waals surface area contributed by atoms with E-state index in [-0.39, 0.29) is 11.4 Å². The lowest BCUT2D eigenvalue weighted by atomic mass is 9.78. The predicted octanol–water partition coefficient (Wildman–Crippen LogP) is 3.46.